The highest BCUT2D eigenvalue weighted by Gasteiger charge is 2.37. The quantitative estimate of drug-likeness (QED) is 0.738. The third-order valence-electron chi connectivity index (χ3n) is 3.64. The maximum absolute atomic E-state index is 11.3. The van der Waals surface area contributed by atoms with Gasteiger partial charge in [-0.1, -0.05) is 20.8 Å². The fraction of sp³-hybridized carbons (Fsp3) is 0.917. The van der Waals surface area contributed by atoms with E-state index < -0.39 is 11.5 Å². The lowest BCUT2D eigenvalue weighted by atomic mass is 10.0. The number of carbonyl (C=O) groups is 1. The molecule has 0 aromatic heterocycles. The first kappa shape index (κ1) is 13.5. The molecule has 0 amide bonds. The number of likely N-dealkylation sites (tertiary alicyclic amines) is 1. The molecule has 0 saturated carbocycles. The summed E-state index contributed by atoms with van der Waals surface area (Å²) in [6, 6.07) is 0. The zero-order valence-electron chi connectivity index (χ0n) is 10.8. The van der Waals surface area contributed by atoms with Gasteiger partial charge in [0.25, 0.3) is 0 Å². The first-order chi connectivity index (χ1) is 7.39. The lowest BCUT2D eigenvalue weighted by molar-refractivity contribution is -0.144. The first-order valence-corrected chi connectivity index (χ1v) is 6.10. The third-order valence-corrected chi connectivity index (χ3v) is 3.64. The van der Waals surface area contributed by atoms with Crippen LogP contribution in [0.2, 0.25) is 0 Å². The predicted octanol–water partition coefficient (Wildman–Crippen LogP) is 1.03. The van der Waals surface area contributed by atoms with Crippen LogP contribution < -0.4 is 5.32 Å². The van der Waals surface area contributed by atoms with Crippen molar-refractivity contribution >= 4 is 5.97 Å². The molecule has 94 valence electrons. The van der Waals surface area contributed by atoms with Crippen LogP contribution in [0.25, 0.3) is 0 Å². The summed E-state index contributed by atoms with van der Waals surface area (Å²) in [6.07, 6.45) is 0. The van der Waals surface area contributed by atoms with Crippen LogP contribution in [0, 0.1) is 11.8 Å². The van der Waals surface area contributed by atoms with Crippen LogP contribution in [0.5, 0.6) is 0 Å². The molecule has 0 aromatic carbocycles. The lowest BCUT2D eigenvalue weighted by Gasteiger charge is -2.30. The van der Waals surface area contributed by atoms with Crippen LogP contribution >= 0.6 is 0 Å². The lowest BCUT2D eigenvalue weighted by Crippen LogP contribution is -2.56. The molecule has 4 heteroatoms. The molecule has 0 bridgehead atoms. The van der Waals surface area contributed by atoms with Crippen LogP contribution in [0.4, 0.5) is 0 Å². The van der Waals surface area contributed by atoms with Crippen molar-refractivity contribution in [2.45, 2.75) is 33.2 Å². The molecule has 0 spiro atoms. The summed E-state index contributed by atoms with van der Waals surface area (Å²) in [6.45, 7) is 11.5. The highest BCUT2D eigenvalue weighted by molar-refractivity contribution is 5.78. The molecule has 2 N–H and O–H groups in total. The van der Waals surface area contributed by atoms with Gasteiger partial charge in [-0.2, -0.15) is 0 Å². The molecule has 3 unspecified atom stereocenters. The highest BCUT2D eigenvalue weighted by atomic mass is 16.4. The number of aliphatic carboxylic acids is 1. The average molecular weight is 228 g/mol. The minimum atomic E-state index is -0.821. The Balaban J connectivity index is 2.60. The van der Waals surface area contributed by atoms with Crippen molar-refractivity contribution in [1.82, 2.24) is 10.2 Å². The Labute approximate surface area is 98.0 Å². The Kier molecular flexibility index (Phi) is 4.33. The van der Waals surface area contributed by atoms with E-state index in [0.717, 1.165) is 13.1 Å². The molecule has 1 saturated heterocycles. The summed E-state index contributed by atoms with van der Waals surface area (Å²) in [5, 5.41) is 12.3. The van der Waals surface area contributed by atoms with Gasteiger partial charge in [-0.25, -0.2) is 0 Å². The average Bonchev–Trinajstić information content (AvgIpc) is 2.45. The fourth-order valence-corrected chi connectivity index (χ4v) is 2.41. The smallest absolute Gasteiger partial charge is 0.324 e. The fourth-order valence-electron chi connectivity index (χ4n) is 2.41. The van der Waals surface area contributed by atoms with Gasteiger partial charge in [0, 0.05) is 19.6 Å². The minimum Gasteiger partial charge on any atom is -0.480 e. The Morgan fingerprint density at radius 2 is 1.94 bits per heavy atom. The van der Waals surface area contributed by atoms with Crippen LogP contribution in [0.1, 0.15) is 27.7 Å². The molecular weight excluding hydrogens is 204 g/mol. The number of nitrogens with zero attached hydrogens (tertiary/aromatic N) is 1. The number of carboxylic acids is 1. The summed E-state index contributed by atoms with van der Waals surface area (Å²) in [5.41, 5.74) is -0.821. The zero-order valence-corrected chi connectivity index (χ0v) is 10.8. The largest absolute Gasteiger partial charge is 0.480 e. The number of carboxylic acid groups (broad SMARTS) is 1. The number of rotatable bonds is 5. The molecule has 4 nitrogen and oxygen atoms in total. The second-order valence-electron chi connectivity index (χ2n) is 5.32. The summed E-state index contributed by atoms with van der Waals surface area (Å²) in [5.74, 6) is 0.570. The van der Waals surface area contributed by atoms with Crippen LogP contribution in [0.3, 0.4) is 0 Å². The van der Waals surface area contributed by atoms with E-state index in [4.69, 9.17) is 0 Å². The summed E-state index contributed by atoms with van der Waals surface area (Å²) in [7, 11) is 0. The van der Waals surface area contributed by atoms with Gasteiger partial charge < -0.3 is 15.3 Å². The van der Waals surface area contributed by atoms with Gasteiger partial charge in [-0.05, 0) is 25.3 Å². The molecule has 0 radical (unpaired) electrons. The van der Waals surface area contributed by atoms with Gasteiger partial charge in [-0.3, -0.25) is 4.79 Å². The normalized spacial score (nSPS) is 30.2. The van der Waals surface area contributed by atoms with Gasteiger partial charge >= 0.3 is 5.97 Å². The van der Waals surface area contributed by atoms with E-state index in [1.165, 1.54) is 0 Å². The van der Waals surface area contributed by atoms with Crippen molar-refractivity contribution in [3.63, 3.8) is 0 Å². The van der Waals surface area contributed by atoms with Crippen molar-refractivity contribution in [1.29, 1.82) is 0 Å². The van der Waals surface area contributed by atoms with Crippen molar-refractivity contribution in [2.75, 3.05) is 26.2 Å². The van der Waals surface area contributed by atoms with E-state index in [0.29, 0.717) is 24.9 Å². The highest BCUT2D eigenvalue weighted by Crippen LogP contribution is 2.23. The molecule has 0 aromatic rings. The monoisotopic (exact) mass is 228 g/mol. The zero-order chi connectivity index (χ0) is 12.3. The molecule has 1 aliphatic heterocycles. The topological polar surface area (TPSA) is 52.6 Å². The Bertz CT molecular complexity index is 247. The molecule has 1 heterocycles. The van der Waals surface area contributed by atoms with E-state index in [9.17, 15) is 9.90 Å². The van der Waals surface area contributed by atoms with Crippen molar-refractivity contribution < 1.29 is 9.90 Å². The summed E-state index contributed by atoms with van der Waals surface area (Å²) in [4.78, 5) is 13.5. The van der Waals surface area contributed by atoms with Gasteiger partial charge in [-0.15, -0.1) is 0 Å². The Morgan fingerprint density at radius 1 is 1.44 bits per heavy atom. The van der Waals surface area contributed by atoms with E-state index in [1.807, 2.05) is 6.92 Å². The number of nitrogens with one attached hydrogen (secondary N) is 1. The van der Waals surface area contributed by atoms with Crippen molar-refractivity contribution in [3.05, 3.63) is 0 Å². The van der Waals surface area contributed by atoms with Crippen LogP contribution in [-0.4, -0.2) is 47.7 Å². The maximum atomic E-state index is 11.3. The molecular formula is C12H24N2O2. The van der Waals surface area contributed by atoms with E-state index >= 15 is 0 Å². The standard InChI is InChI=1S/C12H24N2O2/c1-5-13-12(4,11(15)16)8-14-6-9(2)10(3)7-14/h9-10,13H,5-8H2,1-4H3,(H,15,16). The van der Waals surface area contributed by atoms with Crippen LogP contribution in [-0.2, 0) is 4.79 Å². The number of hydrogen-bond acceptors (Lipinski definition) is 3. The third kappa shape index (κ3) is 2.95. The predicted molar refractivity (Wildman–Crippen MR) is 64.5 cm³/mol. The van der Waals surface area contributed by atoms with Crippen LogP contribution in [0.15, 0.2) is 0 Å². The van der Waals surface area contributed by atoms with E-state index in [-0.39, 0.29) is 0 Å². The minimum absolute atomic E-state index is 0.588. The molecule has 1 rings (SSSR count). The number of hydrogen-bond donors (Lipinski definition) is 2. The first-order valence-electron chi connectivity index (χ1n) is 6.10. The van der Waals surface area contributed by atoms with Crippen molar-refractivity contribution in [2.24, 2.45) is 11.8 Å². The van der Waals surface area contributed by atoms with Crippen molar-refractivity contribution in [3.8, 4) is 0 Å². The molecule has 3 atom stereocenters. The summed E-state index contributed by atoms with van der Waals surface area (Å²) >= 11 is 0. The Hall–Kier alpha value is -0.610. The Morgan fingerprint density at radius 3 is 2.31 bits per heavy atom. The van der Waals surface area contributed by atoms with Gasteiger partial charge in [0.15, 0.2) is 0 Å². The van der Waals surface area contributed by atoms with E-state index in [1.54, 1.807) is 6.92 Å². The SMILES string of the molecule is CCNC(C)(CN1CC(C)C(C)C1)C(=O)O. The second-order valence-corrected chi connectivity index (χ2v) is 5.32. The van der Waals surface area contributed by atoms with Gasteiger partial charge in [0.05, 0.1) is 0 Å². The second kappa shape index (κ2) is 5.15. The van der Waals surface area contributed by atoms with Gasteiger partial charge in [0.1, 0.15) is 5.54 Å². The van der Waals surface area contributed by atoms with Gasteiger partial charge in [0.2, 0.25) is 0 Å². The molecule has 1 aliphatic rings. The summed E-state index contributed by atoms with van der Waals surface area (Å²) < 4.78 is 0. The maximum Gasteiger partial charge on any atom is 0.324 e. The number of likely N-dealkylation sites (N-methyl/N-ethyl adjacent to an activating group) is 1. The molecule has 0 aliphatic carbocycles. The molecule has 16 heavy (non-hydrogen) atoms. The molecule has 1 fully saturated rings. The van der Waals surface area contributed by atoms with E-state index in [2.05, 4.69) is 24.1 Å².